The van der Waals surface area contributed by atoms with Crippen LogP contribution >= 0.6 is 0 Å². The lowest BCUT2D eigenvalue weighted by Crippen LogP contribution is -2.40. The molecule has 2 heterocycles. The summed E-state index contributed by atoms with van der Waals surface area (Å²) in [5.41, 5.74) is 0.349. The number of aliphatic hydroxyl groups is 1. The Morgan fingerprint density at radius 3 is 3.17 bits per heavy atom. The quantitative estimate of drug-likeness (QED) is 0.755. The lowest BCUT2D eigenvalue weighted by Gasteiger charge is -2.24. The Morgan fingerprint density at radius 2 is 2.50 bits per heavy atom. The number of hydrogen-bond acceptors (Lipinski definition) is 6. The van der Waals surface area contributed by atoms with E-state index in [2.05, 4.69) is 15.3 Å². The summed E-state index contributed by atoms with van der Waals surface area (Å²) in [5.74, 6) is 0.511. The molecule has 1 aromatic heterocycles. The van der Waals surface area contributed by atoms with Crippen LogP contribution in [0.4, 0.5) is 5.95 Å². The number of rotatable bonds is 5. The van der Waals surface area contributed by atoms with Gasteiger partial charge >= 0.3 is 0 Å². The number of nitrogens with one attached hydrogen (secondary N) is 1. The fraction of sp³-hybridized carbons (Fsp3) is 0.583. The average Bonchev–Trinajstić information content (AvgIpc) is 2.91. The normalized spacial score (nSPS) is 18.6. The van der Waals surface area contributed by atoms with Crippen LogP contribution in [0.15, 0.2) is 12.3 Å². The van der Waals surface area contributed by atoms with Crippen molar-refractivity contribution in [3.8, 4) is 6.07 Å². The van der Waals surface area contributed by atoms with Gasteiger partial charge in [0.25, 0.3) is 0 Å². The van der Waals surface area contributed by atoms with Gasteiger partial charge in [0.1, 0.15) is 11.8 Å². The predicted molar refractivity (Wildman–Crippen MR) is 67.1 cm³/mol. The van der Waals surface area contributed by atoms with Crippen LogP contribution in [0.25, 0.3) is 0 Å². The number of aliphatic hydroxyl groups excluding tert-OH is 1. The van der Waals surface area contributed by atoms with Crippen molar-refractivity contribution in [1.29, 1.82) is 5.26 Å². The van der Waals surface area contributed by atoms with Gasteiger partial charge in [-0.05, 0) is 25.5 Å². The Hall–Kier alpha value is -1.71. The molecular formula is C12H17N5O. The van der Waals surface area contributed by atoms with Gasteiger partial charge in [0.2, 0.25) is 5.95 Å². The minimum atomic E-state index is 0.0485. The van der Waals surface area contributed by atoms with Crippen LogP contribution in [-0.2, 0) is 0 Å². The van der Waals surface area contributed by atoms with Crippen LogP contribution < -0.4 is 10.2 Å². The third-order valence-corrected chi connectivity index (χ3v) is 3.01. The standard InChI is InChI=1S/C12H17N5O/c13-8-10-3-5-15-12(16-10)17(6-7-18)9-11-2-1-4-14-11/h3,5,11,14,18H,1-2,4,6-7,9H2. The van der Waals surface area contributed by atoms with Gasteiger partial charge in [-0.1, -0.05) is 0 Å². The molecule has 0 aliphatic carbocycles. The monoisotopic (exact) mass is 247 g/mol. The maximum absolute atomic E-state index is 9.12. The van der Waals surface area contributed by atoms with Crippen molar-refractivity contribution in [2.45, 2.75) is 18.9 Å². The Kier molecular flexibility index (Phi) is 4.45. The molecule has 0 spiro atoms. The fourth-order valence-electron chi connectivity index (χ4n) is 2.14. The summed E-state index contributed by atoms with van der Waals surface area (Å²) >= 11 is 0. The van der Waals surface area contributed by atoms with E-state index >= 15 is 0 Å². The summed E-state index contributed by atoms with van der Waals surface area (Å²) in [5, 5.41) is 21.4. The molecule has 1 unspecified atom stereocenters. The molecule has 96 valence electrons. The van der Waals surface area contributed by atoms with Crippen molar-refractivity contribution in [1.82, 2.24) is 15.3 Å². The first-order chi connectivity index (χ1) is 8.83. The van der Waals surface area contributed by atoms with Crippen LogP contribution in [0.1, 0.15) is 18.5 Å². The lowest BCUT2D eigenvalue weighted by molar-refractivity contribution is 0.299. The summed E-state index contributed by atoms with van der Waals surface area (Å²) in [7, 11) is 0. The van der Waals surface area contributed by atoms with Gasteiger partial charge in [0.05, 0.1) is 6.61 Å². The zero-order valence-corrected chi connectivity index (χ0v) is 10.2. The highest BCUT2D eigenvalue weighted by Gasteiger charge is 2.19. The molecule has 18 heavy (non-hydrogen) atoms. The van der Waals surface area contributed by atoms with E-state index in [9.17, 15) is 0 Å². The highest BCUT2D eigenvalue weighted by atomic mass is 16.3. The van der Waals surface area contributed by atoms with Crippen molar-refractivity contribution >= 4 is 5.95 Å². The Morgan fingerprint density at radius 1 is 1.61 bits per heavy atom. The smallest absolute Gasteiger partial charge is 0.226 e. The molecule has 1 fully saturated rings. The first kappa shape index (κ1) is 12.7. The lowest BCUT2D eigenvalue weighted by atomic mass is 10.2. The Balaban J connectivity index is 2.09. The van der Waals surface area contributed by atoms with E-state index in [1.165, 1.54) is 6.42 Å². The third kappa shape index (κ3) is 3.15. The molecule has 2 rings (SSSR count). The number of aromatic nitrogens is 2. The van der Waals surface area contributed by atoms with E-state index in [-0.39, 0.29) is 6.61 Å². The highest BCUT2D eigenvalue weighted by molar-refractivity contribution is 5.34. The van der Waals surface area contributed by atoms with E-state index < -0.39 is 0 Å². The van der Waals surface area contributed by atoms with Crippen molar-refractivity contribution in [3.63, 3.8) is 0 Å². The highest BCUT2D eigenvalue weighted by Crippen LogP contribution is 2.12. The number of nitrogens with zero attached hydrogens (tertiary/aromatic N) is 4. The summed E-state index contributed by atoms with van der Waals surface area (Å²) < 4.78 is 0. The van der Waals surface area contributed by atoms with Gasteiger partial charge in [-0.15, -0.1) is 0 Å². The van der Waals surface area contributed by atoms with Gasteiger partial charge in [-0.2, -0.15) is 5.26 Å². The largest absolute Gasteiger partial charge is 0.395 e. The molecule has 2 N–H and O–H groups in total. The molecule has 1 atom stereocenters. The van der Waals surface area contributed by atoms with Gasteiger partial charge in [0.15, 0.2) is 0 Å². The third-order valence-electron chi connectivity index (χ3n) is 3.01. The molecule has 0 radical (unpaired) electrons. The molecule has 0 bridgehead atoms. The molecule has 0 saturated carbocycles. The minimum absolute atomic E-state index is 0.0485. The van der Waals surface area contributed by atoms with Crippen molar-refractivity contribution in [2.24, 2.45) is 0 Å². The second kappa shape index (κ2) is 6.28. The van der Waals surface area contributed by atoms with Crippen molar-refractivity contribution in [3.05, 3.63) is 18.0 Å². The van der Waals surface area contributed by atoms with E-state index in [1.54, 1.807) is 12.3 Å². The topological polar surface area (TPSA) is 85.1 Å². The maximum atomic E-state index is 9.12. The molecule has 1 aliphatic rings. The summed E-state index contributed by atoms with van der Waals surface area (Å²) in [6, 6.07) is 3.99. The SMILES string of the molecule is N#Cc1ccnc(N(CCO)CC2CCCN2)n1. The first-order valence-electron chi connectivity index (χ1n) is 6.16. The molecule has 0 amide bonds. The van der Waals surface area contributed by atoms with E-state index in [1.807, 2.05) is 11.0 Å². The fourth-order valence-corrected chi connectivity index (χ4v) is 2.14. The zero-order chi connectivity index (χ0) is 12.8. The van der Waals surface area contributed by atoms with Crippen LogP contribution in [0.2, 0.25) is 0 Å². The summed E-state index contributed by atoms with van der Waals surface area (Å²) in [4.78, 5) is 10.3. The van der Waals surface area contributed by atoms with Crippen LogP contribution in [0.3, 0.4) is 0 Å². The van der Waals surface area contributed by atoms with Crippen LogP contribution in [0.5, 0.6) is 0 Å². The molecule has 1 saturated heterocycles. The number of hydrogen-bond donors (Lipinski definition) is 2. The molecule has 0 aromatic carbocycles. The van der Waals surface area contributed by atoms with Crippen LogP contribution in [0, 0.1) is 11.3 Å². The molecule has 6 heteroatoms. The second-order valence-electron chi connectivity index (χ2n) is 4.32. The van der Waals surface area contributed by atoms with E-state index in [0.717, 1.165) is 19.5 Å². The van der Waals surface area contributed by atoms with E-state index in [4.69, 9.17) is 10.4 Å². The van der Waals surface area contributed by atoms with E-state index in [0.29, 0.717) is 24.2 Å². The first-order valence-corrected chi connectivity index (χ1v) is 6.16. The van der Waals surface area contributed by atoms with Crippen molar-refractivity contribution in [2.75, 3.05) is 31.1 Å². The van der Waals surface area contributed by atoms with Crippen molar-refractivity contribution < 1.29 is 5.11 Å². The second-order valence-corrected chi connectivity index (χ2v) is 4.32. The summed E-state index contributed by atoms with van der Waals surface area (Å²) in [6.45, 7) is 2.33. The van der Waals surface area contributed by atoms with Gasteiger partial charge in [-0.3, -0.25) is 0 Å². The van der Waals surface area contributed by atoms with Gasteiger partial charge in [0, 0.05) is 25.3 Å². The van der Waals surface area contributed by atoms with Gasteiger partial charge in [-0.25, -0.2) is 9.97 Å². The maximum Gasteiger partial charge on any atom is 0.226 e. The molecule has 1 aliphatic heterocycles. The molecule has 6 nitrogen and oxygen atoms in total. The van der Waals surface area contributed by atoms with Gasteiger partial charge < -0.3 is 15.3 Å². The molecular weight excluding hydrogens is 230 g/mol. The summed E-state index contributed by atoms with van der Waals surface area (Å²) in [6.07, 6.45) is 3.88. The molecule has 1 aromatic rings. The number of nitriles is 1. The minimum Gasteiger partial charge on any atom is -0.395 e. The zero-order valence-electron chi connectivity index (χ0n) is 10.2. The predicted octanol–water partition coefficient (Wildman–Crippen LogP) is -0.101. The Bertz CT molecular complexity index is 425. The Labute approximate surface area is 106 Å². The average molecular weight is 247 g/mol. The number of anilines is 1. The van der Waals surface area contributed by atoms with Crippen LogP contribution in [-0.4, -0.2) is 47.4 Å².